The molecule has 1 heterocycles. The van der Waals surface area contributed by atoms with Crippen molar-refractivity contribution in [2.45, 2.75) is 31.1 Å². The van der Waals surface area contributed by atoms with E-state index in [0.29, 0.717) is 30.8 Å². The molecule has 0 saturated heterocycles. The van der Waals surface area contributed by atoms with Crippen LogP contribution < -0.4 is 14.8 Å². The molecule has 0 saturated carbocycles. The van der Waals surface area contributed by atoms with Gasteiger partial charge in [0.05, 0.1) is 17.2 Å². The van der Waals surface area contributed by atoms with E-state index in [1.54, 1.807) is 12.1 Å². The van der Waals surface area contributed by atoms with E-state index < -0.39 is 10.0 Å². The zero-order chi connectivity index (χ0) is 22.8. The Morgan fingerprint density at radius 1 is 0.969 bits per heavy atom. The highest BCUT2D eigenvalue weighted by atomic mass is 32.2. The van der Waals surface area contributed by atoms with Gasteiger partial charge in [-0.2, -0.15) is 0 Å². The summed E-state index contributed by atoms with van der Waals surface area (Å²) in [5.41, 5.74) is 1.91. The van der Waals surface area contributed by atoms with Gasteiger partial charge < -0.3 is 10.1 Å². The molecule has 32 heavy (non-hydrogen) atoms. The Labute approximate surface area is 188 Å². The van der Waals surface area contributed by atoms with E-state index in [0.717, 1.165) is 24.2 Å². The summed E-state index contributed by atoms with van der Waals surface area (Å²) in [6.45, 7) is 3.31. The first-order valence-electron chi connectivity index (χ1n) is 10.5. The Morgan fingerprint density at radius 2 is 1.66 bits per heavy atom. The number of carbonyl (C=O) groups is 1. The fourth-order valence-corrected chi connectivity index (χ4v) is 3.99. The molecule has 3 aromatic rings. The monoisotopic (exact) mass is 453 g/mol. The van der Waals surface area contributed by atoms with E-state index in [9.17, 15) is 13.2 Å². The minimum absolute atomic E-state index is 0.0760. The minimum Gasteiger partial charge on any atom is -0.494 e. The maximum absolute atomic E-state index is 12.5. The fraction of sp³-hybridized carbons (Fsp3) is 0.250. The predicted molar refractivity (Wildman–Crippen MR) is 124 cm³/mol. The average molecular weight is 454 g/mol. The van der Waals surface area contributed by atoms with Crippen LogP contribution in [0.4, 0.5) is 5.69 Å². The summed E-state index contributed by atoms with van der Waals surface area (Å²) in [5.74, 6) is 0.593. The zero-order valence-corrected chi connectivity index (χ0v) is 18.8. The number of nitrogens with one attached hydrogen (secondary N) is 2. The van der Waals surface area contributed by atoms with Crippen LogP contribution in [-0.2, 0) is 16.4 Å². The van der Waals surface area contributed by atoms with Crippen LogP contribution in [0.3, 0.4) is 0 Å². The Kier molecular flexibility index (Phi) is 8.21. The summed E-state index contributed by atoms with van der Waals surface area (Å²) in [6, 6.07) is 16.8. The van der Waals surface area contributed by atoms with Crippen molar-refractivity contribution in [1.29, 1.82) is 0 Å². The number of hydrogen-bond acceptors (Lipinski definition) is 5. The van der Waals surface area contributed by atoms with Gasteiger partial charge in [-0.1, -0.05) is 25.5 Å². The van der Waals surface area contributed by atoms with Crippen LogP contribution in [0.15, 0.2) is 78.0 Å². The standard InChI is InChI=1S/C24H27N3O4S/c1-2-3-18-31-22-8-4-19(5-9-22)12-17-26-24(28)20-6-10-23(11-7-20)32(29,30)27-21-13-15-25-16-14-21/h4-11,13-16H,2-3,12,17-18H2,1H3,(H,25,27)(H,26,28). The second kappa shape index (κ2) is 11.3. The Hall–Kier alpha value is -3.39. The minimum atomic E-state index is -3.74. The quantitative estimate of drug-likeness (QED) is 0.427. The third kappa shape index (κ3) is 6.81. The second-order valence-corrected chi connectivity index (χ2v) is 8.90. The van der Waals surface area contributed by atoms with Crippen molar-refractivity contribution in [2.24, 2.45) is 0 Å². The van der Waals surface area contributed by atoms with Crippen LogP contribution in [-0.4, -0.2) is 32.5 Å². The smallest absolute Gasteiger partial charge is 0.261 e. The molecular weight excluding hydrogens is 426 g/mol. The number of benzene rings is 2. The maximum Gasteiger partial charge on any atom is 0.261 e. The lowest BCUT2D eigenvalue weighted by atomic mass is 10.1. The molecule has 0 bridgehead atoms. The molecule has 8 heteroatoms. The highest BCUT2D eigenvalue weighted by molar-refractivity contribution is 7.92. The Morgan fingerprint density at radius 3 is 2.31 bits per heavy atom. The first kappa shape index (κ1) is 23.3. The number of amides is 1. The summed E-state index contributed by atoms with van der Waals surface area (Å²) in [4.78, 5) is 16.3. The highest BCUT2D eigenvalue weighted by Gasteiger charge is 2.15. The third-order valence-corrected chi connectivity index (χ3v) is 6.15. The molecule has 1 aromatic heterocycles. The fourth-order valence-electron chi connectivity index (χ4n) is 2.93. The van der Waals surface area contributed by atoms with Crippen LogP contribution in [0.1, 0.15) is 35.7 Å². The lowest BCUT2D eigenvalue weighted by Crippen LogP contribution is -2.25. The number of carbonyl (C=O) groups excluding carboxylic acids is 1. The van der Waals surface area contributed by atoms with E-state index in [4.69, 9.17) is 4.74 Å². The van der Waals surface area contributed by atoms with Gasteiger partial charge >= 0.3 is 0 Å². The van der Waals surface area contributed by atoms with E-state index >= 15 is 0 Å². The van der Waals surface area contributed by atoms with Gasteiger partial charge in [0.25, 0.3) is 15.9 Å². The van der Waals surface area contributed by atoms with Crippen LogP contribution in [0, 0.1) is 0 Å². The van der Waals surface area contributed by atoms with Gasteiger partial charge in [0.2, 0.25) is 0 Å². The number of ether oxygens (including phenoxy) is 1. The molecular formula is C24H27N3O4S. The number of rotatable bonds is 11. The van der Waals surface area contributed by atoms with E-state index in [2.05, 4.69) is 21.9 Å². The summed E-state index contributed by atoms with van der Waals surface area (Å²) < 4.78 is 33.1. The second-order valence-electron chi connectivity index (χ2n) is 7.22. The molecule has 0 atom stereocenters. The number of pyridine rings is 1. The SMILES string of the molecule is CCCCOc1ccc(CCNC(=O)c2ccc(S(=O)(=O)Nc3ccncc3)cc2)cc1. The van der Waals surface area contributed by atoms with Crippen LogP contribution in [0.25, 0.3) is 0 Å². The van der Waals surface area contributed by atoms with Crippen molar-refractivity contribution in [3.63, 3.8) is 0 Å². The molecule has 2 aromatic carbocycles. The van der Waals surface area contributed by atoms with E-state index in [1.165, 1.54) is 36.7 Å². The highest BCUT2D eigenvalue weighted by Crippen LogP contribution is 2.16. The van der Waals surface area contributed by atoms with Gasteiger partial charge in [-0.25, -0.2) is 8.42 Å². The maximum atomic E-state index is 12.5. The molecule has 0 unspecified atom stereocenters. The van der Waals surface area contributed by atoms with Gasteiger partial charge in [0.15, 0.2) is 0 Å². The average Bonchev–Trinajstić information content (AvgIpc) is 2.81. The zero-order valence-electron chi connectivity index (χ0n) is 18.0. The Balaban J connectivity index is 1.49. The number of sulfonamides is 1. The van der Waals surface area contributed by atoms with Gasteiger partial charge in [-0.05, 0) is 66.9 Å². The largest absolute Gasteiger partial charge is 0.494 e. The van der Waals surface area contributed by atoms with Gasteiger partial charge in [0, 0.05) is 24.5 Å². The molecule has 0 aliphatic carbocycles. The van der Waals surface area contributed by atoms with Crippen molar-refractivity contribution in [2.75, 3.05) is 17.9 Å². The van der Waals surface area contributed by atoms with Crippen molar-refractivity contribution >= 4 is 21.6 Å². The lowest BCUT2D eigenvalue weighted by Gasteiger charge is -2.09. The van der Waals surface area contributed by atoms with Crippen LogP contribution >= 0.6 is 0 Å². The molecule has 1 amide bonds. The van der Waals surface area contributed by atoms with Crippen molar-refractivity contribution in [1.82, 2.24) is 10.3 Å². The first-order chi connectivity index (χ1) is 15.5. The Bertz CT molecular complexity index is 1100. The predicted octanol–water partition coefficient (Wildman–Crippen LogP) is 4.03. The molecule has 0 fully saturated rings. The summed E-state index contributed by atoms with van der Waals surface area (Å²) in [7, 11) is -3.74. The van der Waals surface area contributed by atoms with Crippen LogP contribution in [0.5, 0.6) is 5.75 Å². The van der Waals surface area contributed by atoms with E-state index in [-0.39, 0.29) is 10.8 Å². The van der Waals surface area contributed by atoms with Crippen molar-refractivity contribution in [3.05, 3.63) is 84.2 Å². The topological polar surface area (TPSA) is 97.4 Å². The van der Waals surface area contributed by atoms with Gasteiger partial charge in [-0.3, -0.25) is 14.5 Å². The number of anilines is 1. The molecule has 3 rings (SSSR count). The third-order valence-electron chi connectivity index (χ3n) is 4.75. The summed E-state index contributed by atoms with van der Waals surface area (Å²) in [5, 5.41) is 2.86. The number of nitrogens with zero attached hydrogens (tertiary/aromatic N) is 1. The van der Waals surface area contributed by atoms with Crippen molar-refractivity contribution in [3.8, 4) is 5.75 Å². The van der Waals surface area contributed by atoms with Gasteiger partial charge in [0.1, 0.15) is 5.75 Å². The normalized spacial score (nSPS) is 11.0. The molecule has 168 valence electrons. The first-order valence-corrected chi connectivity index (χ1v) is 12.0. The number of aromatic nitrogens is 1. The van der Waals surface area contributed by atoms with Crippen LogP contribution in [0.2, 0.25) is 0 Å². The lowest BCUT2D eigenvalue weighted by molar-refractivity contribution is 0.0954. The summed E-state index contributed by atoms with van der Waals surface area (Å²) >= 11 is 0. The van der Waals surface area contributed by atoms with Crippen molar-refractivity contribution < 1.29 is 17.9 Å². The summed E-state index contributed by atoms with van der Waals surface area (Å²) in [6.07, 6.45) is 5.81. The number of unbranched alkanes of at least 4 members (excludes halogenated alkanes) is 1. The van der Waals surface area contributed by atoms with E-state index in [1.807, 2.05) is 24.3 Å². The van der Waals surface area contributed by atoms with Gasteiger partial charge in [-0.15, -0.1) is 0 Å². The molecule has 0 aliphatic heterocycles. The molecule has 7 nitrogen and oxygen atoms in total. The molecule has 2 N–H and O–H groups in total. The molecule has 0 radical (unpaired) electrons. The molecule has 0 spiro atoms. The molecule has 0 aliphatic rings. The number of hydrogen-bond donors (Lipinski definition) is 2.